The third kappa shape index (κ3) is 2.81. The molecular weight excluding hydrogens is 353 g/mol. The number of hydrogen-bond donors (Lipinski definition) is 0. The van der Waals surface area contributed by atoms with Crippen molar-refractivity contribution in [2.45, 2.75) is 5.38 Å². The monoisotopic (exact) mass is 356 g/mol. The summed E-state index contributed by atoms with van der Waals surface area (Å²) in [6.07, 6.45) is 0. The molecule has 1 aromatic carbocycles. The third-order valence-electron chi connectivity index (χ3n) is 2.15. The van der Waals surface area contributed by atoms with Gasteiger partial charge >= 0.3 is 0 Å². The molecule has 0 saturated heterocycles. The van der Waals surface area contributed by atoms with Gasteiger partial charge < -0.3 is 0 Å². The summed E-state index contributed by atoms with van der Waals surface area (Å²) in [5.74, 6) is -1.29. The smallest absolute Gasteiger partial charge is 0.131 e. The van der Waals surface area contributed by atoms with Crippen LogP contribution in [0.5, 0.6) is 0 Å². The van der Waals surface area contributed by atoms with Gasteiger partial charge in [-0.1, -0.05) is 17.7 Å². The van der Waals surface area contributed by atoms with Gasteiger partial charge in [-0.15, -0.1) is 22.9 Å². The molecule has 1 aromatic heterocycles. The van der Waals surface area contributed by atoms with Crippen molar-refractivity contribution in [1.29, 1.82) is 0 Å². The fraction of sp³-hybridized carbons (Fsp3) is 0.0909. The van der Waals surface area contributed by atoms with Crippen LogP contribution in [0.4, 0.5) is 8.78 Å². The fourth-order valence-electron chi connectivity index (χ4n) is 1.35. The number of hydrogen-bond acceptors (Lipinski definition) is 1. The van der Waals surface area contributed by atoms with Crippen LogP contribution in [0.1, 0.15) is 15.8 Å². The number of benzene rings is 1. The molecule has 90 valence electrons. The Morgan fingerprint density at radius 3 is 2.47 bits per heavy atom. The average Bonchev–Trinajstić information content (AvgIpc) is 2.58. The van der Waals surface area contributed by atoms with E-state index in [1.165, 1.54) is 23.5 Å². The third-order valence-corrected chi connectivity index (χ3v) is 5.29. The highest BCUT2D eigenvalue weighted by molar-refractivity contribution is 9.11. The van der Waals surface area contributed by atoms with Crippen LogP contribution < -0.4 is 0 Å². The molecule has 0 bridgehead atoms. The fourth-order valence-corrected chi connectivity index (χ4v) is 3.47. The quantitative estimate of drug-likeness (QED) is 0.598. The normalized spacial score (nSPS) is 12.8. The van der Waals surface area contributed by atoms with Crippen molar-refractivity contribution in [2.24, 2.45) is 0 Å². The van der Waals surface area contributed by atoms with Crippen molar-refractivity contribution in [3.8, 4) is 0 Å². The van der Waals surface area contributed by atoms with Gasteiger partial charge in [0.25, 0.3) is 0 Å². The van der Waals surface area contributed by atoms with E-state index < -0.39 is 17.0 Å². The molecule has 6 heteroatoms. The van der Waals surface area contributed by atoms with E-state index in [0.29, 0.717) is 9.90 Å². The van der Waals surface area contributed by atoms with Crippen LogP contribution in [0.2, 0.25) is 5.02 Å². The first-order valence-electron chi connectivity index (χ1n) is 4.53. The van der Waals surface area contributed by atoms with Gasteiger partial charge in [-0.3, -0.25) is 0 Å². The highest BCUT2D eigenvalue weighted by atomic mass is 79.9. The van der Waals surface area contributed by atoms with E-state index in [0.717, 1.165) is 9.85 Å². The minimum Gasteiger partial charge on any atom is -0.207 e. The SMILES string of the molecule is Fc1ccc(C(Cl)c2cc(Cl)c(Br)s2)c(F)c1. The summed E-state index contributed by atoms with van der Waals surface area (Å²) in [7, 11) is 0. The van der Waals surface area contributed by atoms with Crippen LogP contribution in [-0.4, -0.2) is 0 Å². The molecule has 0 nitrogen and oxygen atoms in total. The summed E-state index contributed by atoms with van der Waals surface area (Å²) in [4.78, 5) is 0.703. The molecule has 1 heterocycles. The lowest BCUT2D eigenvalue weighted by molar-refractivity contribution is 0.574. The van der Waals surface area contributed by atoms with Gasteiger partial charge in [-0.25, -0.2) is 8.78 Å². The molecule has 17 heavy (non-hydrogen) atoms. The van der Waals surface area contributed by atoms with Crippen molar-refractivity contribution in [1.82, 2.24) is 0 Å². The molecule has 0 saturated carbocycles. The van der Waals surface area contributed by atoms with Gasteiger partial charge in [0.15, 0.2) is 0 Å². The van der Waals surface area contributed by atoms with Gasteiger partial charge in [-0.2, -0.15) is 0 Å². The molecule has 2 rings (SSSR count). The molecular formula is C11H5BrCl2F2S. The number of halogens is 5. The van der Waals surface area contributed by atoms with Crippen molar-refractivity contribution >= 4 is 50.5 Å². The van der Waals surface area contributed by atoms with Crippen molar-refractivity contribution in [3.63, 3.8) is 0 Å². The second kappa shape index (κ2) is 5.22. The molecule has 1 atom stereocenters. The van der Waals surface area contributed by atoms with E-state index in [4.69, 9.17) is 23.2 Å². The lowest BCUT2D eigenvalue weighted by Gasteiger charge is -2.08. The highest BCUT2D eigenvalue weighted by Crippen LogP contribution is 2.40. The first kappa shape index (κ1) is 13.3. The summed E-state index contributed by atoms with van der Waals surface area (Å²) in [6.45, 7) is 0. The van der Waals surface area contributed by atoms with E-state index in [-0.39, 0.29) is 5.56 Å². The number of rotatable bonds is 2. The Labute approximate surface area is 119 Å². The zero-order valence-corrected chi connectivity index (χ0v) is 12.1. The molecule has 0 spiro atoms. The molecule has 1 unspecified atom stereocenters. The van der Waals surface area contributed by atoms with Gasteiger partial charge in [0.05, 0.1) is 14.2 Å². The number of alkyl halides is 1. The van der Waals surface area contributed by atoms with Crippen LogP contribution in [0, 0.1) is 11.6 Å². The summed E-state index contributed by atoms with van der Waals surface area (Å²) < 4.78 is 27.0. The molecule has 0 fully saturated rings. The van der Waals surface area contributed by atoms with E-state index in [9.17, 15) is 8.78 Å². The number of thiophene rings is 1. The van der Waals surface area contributed by atoms with Gasteiger partial charge in [0.1, 0.15) is 11.6 Å². The lowest BCUT2D eigenvalue weighted by Crippen LogP contribution is -1.95. The van der Waals surface area contributed by atoms with Crippen LogP contribution >= 0.6 is 50.5 Å². The van der Waals surface area contributed by atoms with Gasteiger partial charge in [0.2, 0.25) is 0 Å². The predicted octanol–water partition coefficient (Wildman–Crippen LogP) is 5.77. The van der Waals surface area contributed by atoms with Crippen LogP contribution in [0.3, 0.4) is 0 Å². The first-order valence-corrected chi connectivity index (χ1v) is 6.95. The molecule has 0 radical (unpaired) electrons. The Hall–Kier alpha value is -0.160. The van der Waals surface area contributed by atoms with Crippen molar-refractivity contribution in [2.75, 3.05) is 0 Å². The van der Waals surface area contributed by atoms with E-state index in [1.54, 1.807) is 6.07 Å². The Morgan fingerprint density at radius 2 is 1.94 bits per heavy atom. The lowest BCUT2D eigenvalue weighted by atomic mass is 10.1. The van der Waals surface area contributed by atoms with Crippen molar-refractivity contribution < 1.29 is 8.78 Å². The topological polar surface area (TPSA) is 0 Å². The van der Waals surface area contributed by atoms with Gasteiger partial charge in [-0.05, 0) is 28.1 Å². The van der Waals surface area contributed by atoms with Crippen LogP contribution in [0.15, 0.2) is 28.1 Å². The molecule has 0 aliphatic rings. The molecule has 0 N–H and O–H groups in total. The van der Waals surface area contributed by atoms with Crippen molar-refractivity contribution in [3.05, 3.63) is 55.1 Å². The second-order valence-corrected chi connectivity index (χ2v) is 6.54. The minimum absolute atomic E-state index is 0.235. The molecule has 2 aromatic rings. The van der Waals surface area contributed by atoms with E-state index >= 15 is 0 Å². The second-order valence-electron chi connectivity index (χ2n) is 3.30. The maximum absolute atomic E-state index is 13.5. The van der Waals surface area contributed by atoms with Crippen LogP contribution in [0.25, 0.3) is 0 Å². The average molecular weight is 358 g/mol. The predicted molar refractivity (Wildman–Crippen MR) is 71.1 cm³/mol. The Balaban J connectivity index is 2.39. The molecule has 0 aliphatic carbocycles. The minimum atomic E-state index is -0.676. The van der Waals surface area contributed by atoms with E-state index in [2.05, 4.69) is 15.9 Å². The standard InChI is InChI=1S/C11H5BrCl2F2S/c12-11-7(13)4-9(17-11)10(14)6-2-1-5(15)3-8(6)16/h1-4,10H. The zero-order valence-electron chi connectivity index (χ0n) is 8.18. The molecule has 0 amide bonds. The largest absolute Gasteiger partial charge is 0.207 e. The van der Waals surface area contributed by atoms with Gasteiger partial charge in [0, 0.05) is 16.5 Å². The summed E-state index contributed by atoms with van der Waals surface area (Å²) in [5, 5.41) is -0.150. The highest BCUT2D eigenvalue weighted by Gasteiger charge is 2.19. The maximum Gasteiger partial charge on any atom is 0.131 e. The first-order chi connectivity index (χ1) is 7.99. The van der Waals surface area contributed by atoms with Crippen LogP contribution in [-0.2, 0) is 0 Å². The Bertz CT molecular complexity index is 537. The summed E-state index contributed by atoms with van der Waals surface area (Å²) in [6, 6.07) is 4.99. The Kier molecular flexibility index (Phi) is 4.08. The molecule has 0 aliphatic heterocycles. The maximum atomic E-state index is 13.5. The summed E-state index contributed by atoms with van der Waals surface area (Å²) >= 11 is 16.6. The zero-order chi connectivity index (χ0) is 12.6. The Morgan fingerprint density at radius 1 is 1.24 bits per heavy atom. The van der Waals surface area contributed by atoms with E-state index in [1.807, 2.05) is 0 Å². The summed E-state index contributed by atoms with van der Waals surface area (Å²) in [5.41, 5.74) is 0.235.